The van der Waals surface area contributed by atoms with Gasteiger partial charge in [0.25, 0.3) is 0 Å². The van der Waals surface area contributed by atoms with Gasteiger partial charge in [0.05, 0.1) is 11.0 Å². The van der Waals surface area contributed by atoms with E-state index in [0.29, 0.717) is 0 Å². The second-order valence-corrected chi connectivity index (χ2v) is 16.0. The smallest absolute Gasteiger partial charge is 0.0541 e. The number of nitrogens with zero attached hydrogens (tertiary/aromatic N) is 2. The summed E-state index contributed by atoms with van der Waals surface area (Å²) in [4.78, 5) is 2.35. The Bertz CT molecular complexity index is 3420. The van der Waals surface area contributed by atoms with Crippen molar-refractivity contribution in [2.24, 2.45) is 0 Å². The molecule has 0 aliphatic carbocycles. The van der Waals surface area contributed by atoms with Crippen molar-refractivity contribution in [1.82, 2.24) is 4.57 Å². The number of hydrogen-bond donors (Lipinski definition) is 0. The quantitative estimate of drug-likeness (QED) is 0.146. The summed E-state index contributed by atoms with van der Waals surface area (Å²) >= 11 is 0. The molecule has 2 heteroatoms. The zero-order valence-electron chi connectivity index (χ0n) is 35.3. The Morgan fingerprint density at radius 3 is 1.12 bits per heavy atom. The molecule has 0 unspecified atom stereocenters. The average molecular weight is 817 g/mol. The first-order valence-corrected chi connectivity index (χ1v) is 21.9. The molecule has 0 fully saturated rings. The largest absolute Gasteiger partial charge is 0.311 e. The SMILES string of the molecule is c1ccc(-c2c3ccccc3c(-c3ccc(N(c4ccccc4)c4ccc(-c5ccc6c(c5)c5ccccc5n6-c5ccccc5)cc4)cc3)c3ccccc23)cc1.c1ccccc1. The Balaban J connectivity index is 0.000000705. The van der Waals surface area contributed by atoms with Crippen LogP contribution in [0.2, 0.25) is 0 Å². The fourth-order valence-corrected chi connectivity index (χ4v) is 9.35. The minimum Gasteiger partial charge on any atom is -0.311 e. The van der Waals surface area contributed by atoms with Crippen molar-refractivity contribution in [2.75, 3.05) is 4.90 Å². The zero-order valence-corrected chi connectivity index (χ0v) is 35.3. The van der Waals surface area contributed by atoms with E-state index < -0.39 is 0 Å². The molecule has 0 bridgehead atoms. The average Bonchev–Trinajstić information content (AvgIpc) is 3.71. The summed E-state index contributed by atoms with van der Waals surface area (Å²) in [6.07, 6.45) is 0. The molecule has 1 aromatic heterocycles. The molecule has 302 valence electrons. The van der Waals surface area contributed by atoms with Gasteiger partial charge in [0.15, 0.2) is 0 Å². The summed E-state index contributed by atoms with van der Waals surface area (Å²) in [5, 5.41) is 7.54. The number of fused-ring (bicyclic) bond motifs is 5. The molecule has 0 radical (unpaired) electrons. The van der Waals surface area contributed by atoms with Gasteiger partial charge < -0.3 is 9.47 Å². The summed E-state index contributed by atoms with van der Waals surface area (Å²) < 4.78 is 2.37. The van der Waals surface area contributed by atoms with Gasteiger partial charge in [-0.1, -0.05) is 200 Å². The van der Waals surface area contributed by atoms with Gasteiger partial charge in [0.2, 0.25) is 0 Å². The molecule has 12 aromatic rings. The maximum Gasteiger partial charge on any atom is 0.0541 e. The minimum absolute atomic E-state index is 1.10. The first-order chi connectivity index (χ1) is 31.8. The Labute approximate surface area is 374 Å². The Hall–Kier alpha value is -8.46. The molecule has 0 N–H and O–H groups in total. The maximum atomic E-state index is 2.37. The fourth-order valence-electron chi connectivity index (χ4n) is 9.35. The van der Waals surface area contributed by atoms with E-state index in [1.165, 1.54) is 82.4 Å². The number of hydrogen-bond acceptors (Lipinski definition) is 1. The van der Waals surface area contributed by atoms with Crippen molar-refractivity contribution in [2.45, 2.75) is 0 Å². The third-order valence-corrected chi connectivity index (χ3v) is 12.2. The lowest BCUT2D eigenvalue weighted by molar-refractivity contribution is 1.18. The summed E-state index contributed by atoms with van der Waals surface area (Å²) in [7, 11) is 0. The number of para-hydroxylation sites is 3. The fraction of sp³-hybridized carbons (Fsp3) is 0. The summed E-state index contributed by atoms with van der Waals surface area (Å²) in [6, 6.07) is 95.5. The van der Waals surface area contributed by atoms with E-state index in [1.807, 2.05) is 36.4 Å². The normalized spacial score (nSPS) is 11.1. The molecular weight excluding hydrogens is 773 g/mol. The highest BCUT2D eigenvalue weighted by atomic mass is 15.1. The van der Waals surface area contributed by atoms with Crippen LogP contribution in [0.25, 0.3) is 82.4 Å². The van der Waals surface area contributed by atoms with E-state index in [-0.39, 0.29) is 0 Å². The molecule has 64 heavy (non-hydrogen) atoms. The lowest BCUT2D eigenvalue weighted by Gasteiger charge is -2.26. The van der Waals surface area contributed by atoms with Crippen LogP contribution in [0.5, 0.6) is 0 Å². The second-order valence-electron chi connectivity index (χ2n) is 16.0. The summed E-state index contributed by atoms with van der Waals surface area (Å²) in [5.41, 5.74) is 14.3. The van der Waals surface area contributed by atoms with E-state index in [2.05, 4.69) is 240 Å². The van der Waals surface area contributed by atoms with E-state index in [9.17, 15) is 0 Å². The number of aromatic nitrogens is 1. The van der Waals surface area contributed by atoms with Crippen LogP contribution in [0.3, 0.4) is 0 Å². The highest BCUT2D eigenvalue weighted by Crippen LogP contribution is 2.45. The molecule has 1 heterocycles. The molecule has 2 nitrogen and oxygen atoms in total. The van der Waals surface area contributed by atoms with Crippen LogP contribution in [0.15, 0.2) is 267 Å². The van der Waals surface area contributed by atoms with Crippen LogP contribution in [0.4, 0.5) is 17.1 Å². The monoisotopic (exact) mass is 816 g/mol. The zero-order chi connectivity index (χ0) is 42.7. The highest BCUT2D eigenvalue weighted by Gasteiger charge is 2.19. The molecule has 0 aliphatic heterocycles. The Kier molecular flexibility index (Phi) is 10.3. The van der Waals surface area contributed by atoms with Crippen LogP contribution in [0, 0.1) is 0 Å². The highest BCUT2D eigenvalue weighted by molar-refractivity contribution is 6.21. The van der Waals surface area contributed by atoms with Crippen molar-refractivity contribution in [1.29, 1.82) is 0 Å². The standard InChI is InChI=1S/C56H38N2.C6H6/c1-4-16-40(17-5-1)55-48-23-10-12-25-50(48)56(51-26-13-11-24-49(51)55)41-30-35-46(36-31-41)57(43-18-6-2-7-19-43)45-33-28-39(29-34-45)42-32-37-54-52(38-42)47-22-14-15-27-53(47)58(54)44-20-8-3-9-21-44;1-2-4-6-5-3-1/h1-38H;1-6H. The van der Waals surface area contributed by atoms with E-state index in [0.717, 1.165) is 17.1 Å². The van der Waals surface area contributed by atoms with Crippen LogP contribution in [-0.4, -0.2) is 4.57 Å². The molecule has 0 saturated carbocycles. The molecule has 0 saturated heterocycles. The molecule has 11 aromatic carbocycles. The van der Waals surface area contributed by atoms with E-state index >= 15 is 0 Å². The van der Waals surface area contributed by atoms with Gasteiger partial charge in [-0.05, 0) is 122 Å². The third-order valence-electron chi connectivity index (χ3n) is 12.2. The second kappa shape index (κ2) is 17.1. The molecular formula is C62H44N2. The van der Waals surface area contributed by atoms with Gasteiger partial charge in [0, 0.05) is 33.5 Å². The van der Waals surface area contributed by atoms with Crippen LogP contribution < -0.4 is 4.90 Å². The first kappa shape index (κ1) is 38.5. The summed E-state index contributed by atoms with van der Waals surface area (Å²) in [5.74, 6) is 0. The predicted molar refractivity (Wildman–Crippen MR) is 273 cm³/mol. The molecule has 0 atom stereocenters. The maximum absolute atomic E-state index is 2.37. The number of rotatable bonds is 7. The molecule has 0 aliphatic rings. The van der Waals surface area contributed by atoms with Gasteiger partial charge in [-0.15, -0.1) is 0 Å². The topological polar surface area (TPSA) is 8.17 Å². The van der Waals surface area contributed by atoms with Crippen molar-refractivity contribution in [3.8, 4) is 39.1 Å². The summed E-state index contributed by atoms with van der Waals surface area (Å²) in [6.45, 7) is 0. The Morgan fingerprint density at radius 2 is 0.594 bits per heavy atom. The van der Waals surface area contributed by atoms with Crippen LogP contribution in [0.1, 0.15) is 0 Å². The van der Waals surface area contributed by atoms with Crippen molar-refractivity contribution >= 4 is 60.4 Å². The molecule has 0 amide bonds. The van der Waals surface area contributed by atoms with Gasteiger partial charge >= 0.3 is 0 Å². The predicted octanol–water partition coefficient (Wildman–Crippen LogP) is 17.2. The third kappa shape index (κ3) is 7.17. The van der Waals surface area contributed by atoms with Crippen molar-refractivity contribution in [3.05, 3.63) is 267 Å². The van der Waals surface area contributed by atoms with Crippen LogP contribution in [-0.2, 0) is 0 Å². The van der Waals surface area contributed by atoms with Gasteiger partial charge in [0.1, 0.15) is 0 Å². The lowest BCUT2D eigenvalue weighted by atomic mass is 9.86. The van der Waals surface area contributed by atoms with Gasteiger partial charge in [-0.2, -0.15) is 0 Å². The van der Waals surface area contributed by atoms with E-state index in [1.54, 1.807) is 0 Å². The Morgan fingerprint density at radius 1 is 0.234 bits per heavy atom. The van der Waals surface area contributed by atoms with Crippen molar-refractivity contribution in [3.63, 3.8) is 0 Å². The minimum atomic E-state index is 1.10. The number of anilines is 3. The molecule has 12 rings (SSSR count). The van der Waals surface area contributed by atoms with Crippen molar-refractivity contribution < 1.29 is 0 Å². The van der Waals surface area contributed by atoms with Gasteiger partial charge in [-0.3, -0.25) is 0 Å². The van der Waals surface area contributed by atoms with Gasteiger partial charge in [-0.25, -0.2) is 0 Å². The lowest BCUT2D eigenvalue weighted by Crippen LogP contribution is -2.09. The number of benzene rings is 11. The molecule has 0 spiro atoms. The van der Waals surface area contributed by atoms with E-state index in [4.69, 9.17) is 0 Å². The first-order valence-electron chi connectivity index (χ1n) is 21.9. The van der Waals surface area contributed by atoms with Crippen LogP contribution >= 0.6 is 0 Å².